The van der Waals surface area contributed by atoms with Crippen LogP contribution in [-0.4, -0.2) is 104 Å². The molecule has 9 heteroatoms. The van der Waals surface area contributed by atoms with Crippen LogP contribution in [0.5, 0.6) is 0 Å². The predicted molar refractivity (Wildman–Crippen MR) is 144 cm³/mol. The molecule has 3 saturated heterocycles. The molecule has 4 fully saturated rings. The maximum atomic E-state index is 13.9. The minimum absolute atomic E-state index is 0.00169. The average molecular weight is 527 g/mol. The fourth-order valence-corrected chi connectivity index (χ4v) is 6.62. The van der Waals surface area contributed by atoms with Gasteiger partial charge < -0.3 is 24.6 Å². The van der Waals surface area contributed by atoms with Crippen molar-refractivity contribution in [3.8, 4) is 0 Å². The van der Waals surface area contributed by atoms with E-state index < -0.39 is 18.2 Å². The van der Waals surface area contributed by atoms with Crippen LogP contribution >= 0.6 is 0 Å². The van der Waals surface area contributed by atoms with Crippen LogP contribution in [0.3, 0.4) is 0 Å². The van der Waals surface area contributed by atoms with Crippen LogP contribution in [0, 0.1) is 5.92 Å². The Hall–Kier alpha value is -2.49. The zero-order valence-electron chi connectivity index (χ0n) is 22.9. The first-order chi connectivity index (χ1) is 18.4. The Kier molecular flexibility index (Phi) is 8.35. The number of hydrogen-bond acceptors (Lipinski definition) is 7. The van der Waals surface area contributed by atoms with Crippen LogP contribution in [0.15, 0.2) is 24.3 Å². The van der Waals surface area contributed by atoms with Gasteiger partial charge in [0.25, 0.3) is 5.91 Å². The molecule has 38 heavy (non-hydrogen) atoms. The van der Waals surface area contributed by atoms with E-state index in [9.17, 15) is 14.4 Å². The first kappa shape index (κ1) is 27.1. The van der Waals surface area contributed by atoms with Gasteiger partial charge in [0.05, 0.1) is 6.54 Å². The number of carbonyl (C=O) groups is 3. The molecule has 0 unspecified atom stereocenters. The molecule has 1 saturated carbocycles. The molecule has 1 aliphatic carbocycles. The number of nitrogens with one attached hydrogen (secondary N) is 1. The minimum atomic E-state index is -0.670. The molecule has 1 N–H and O–H groups in total. The molecule has 208 valence electrons. The lowest BCUT2D eigenvalue weighted by molar-refractivity contribution is -0.139. The van der Waals surface area contributed by atoms with Gasteiger partial charge in [-0.15, -0.1) is 0 Å². The Bertz CT molecular complexity index is 1000. The second-order valence-corrected chi connectivity index (χ2v) is 11.5. The van der Waals surface area contributed by atoms with Gasteiger partial charge in [-0.25, -0.2) is 0 Å². The summed E-state index contributed by atoms with van der Waals surface area (Å²) in [6.45, 7) is 8.74. The van der Waals surface area contributed by atoms with Crippen LogP contribution < -0.4 is 10.2 Å². The molecule has 0 aromatic heterocycles. The minimum Gasteiger partial charge on any atom is -0.377 e. The summed E-state index contributed by atoms with van der Waals surface area (Å²) in [5.41, 5.74) is 1.65. The van der Waals surface area contributed by atoms with Crippen LogP contribution in [0.1, 0.15) is 56.3 Å². The van der Waals surface area contributed by atoms with E-state index in [-0.39, 0.29) is 36.2 Å². The fourth-order valence-electron chi connectivity index (χ4n) is 6.62. The number of piperazine rings is 1. The standard InChI is InChI=1S/C29H42N4O5/c1-19(2)31-13-15-32(16-14-31)22-11-9-21(10-12-22)28(35)30-25(20-7-5-4-6-8-20)29(36)33-17-24(37-3)27-26(33)23(34)18-38-27/h9-12,19-20,24-27H,4-8,13-18H2,1-3H3,(H,30,35)/t24-,25-,26+,27+/m0/s1. The topological polar surface area (TPSA) is 91.4 Å². The second-order valence-electron chi connectivity index (χ2n) is 11.5. The summed E-state index contributed by atoms with van der Waals surface area (Å²) in [4.78, 5) is 46.4. The van der Waals surface area contributed by atoms with Crippen molar-refractivity contribution in [2.75, 3.05) is 51.3 Å². The van der Waals surface area contributed by atoms with E-state index in [0.29, 0.717) is 18.2 Å². The largest absolute Gasteiger partial charge is 0.377 e. The molecule has 0 spiro atoms. The van der Waals surface area contributed by atoms with E-state index in [0.717, 1.165) is 64.0 Å². The van der Waals surface area contributed by atoms with Crippen LogP contribution in [-0.2, 0) is 19.1 Å². The summed E-state index contributed by atoms with van der Waals surface area (Å²) in [5, 5.41) is 3.08. The molecular formula is C29H42N4O5. The third-order valence-electron chi connectivity index (χ3n) is 8.94. The Morgan fingerprint density at radius 2 is 1.71 bits per heavy atom. The first-order valence-electron chi connectivity index (χ1n) is 14.2. The van der Waals surface area contributed by atoms with Crippen LogP contribution in [0.25, 0.3) is 0 Å². The normalized spacial score (nSPS) is 27.6. The van der Waals surface area contributed by atoms with Gasteiger partial charge in [0.1, 0.15) is 30.9 Å². The lowest BCUT2D eigenvalue weighted by atomic mass is 9.83. The smallest absolute Gasteiger partial charge is 0.251 e. The van der Waals surface area contributed by atoms with E-state index in [1.807, 2.05) is 24.3 Å². The van der Waals surface area contributed by atoms with Gasteiger partial charge in [-0.2, -0.15) is 0 Å². The van der Waals surface area contributed by atoms with Gasteiger partial charge in [0, 0.05) is 50.6 Å². The third kappa shape index (κ3) is 5.46. The quantitative estimate of drug-likeness (QED) is 0.582. The summed E-state index contributed by atoms with van der Waals surface area (Å²) < 4.78 is 11.2. The Balaban J connectivity index is 1.29. The van der Waals surface area contributed by atoms with Gasteiger partial charge in [-0.3, -0.25) is 19.3 Å². The highest BCUT2D eigenvalue weighted by Crippen LogP contribution is 2.33. The monoisotopic (exact) mass is 526 g/mol. The Morgan fingerprint density at radius 1 is 1.03 bits per heavy atom. The molecule has 4 atom stereocenters. The highest BCUT2D eigenvalue weighted by atomic mass is 16.5. The van der Waals surface area contributed by atoms with Gasteiger partial charge >= 0.3 is 0 Å². The van der Waals surface area contributed by atoms with Crippen molar-refractivity contribution in [3.63, 3.8) is 0 Å². The number of methoxy groups -OCH3 is 1. The Morgan fingerprint density at radius 3 is 2.34 bits per heavy atom. The number of Topliss-reactive ketones (excluding diaryl/α,β-unsaturated/α-hetero) is 1. The van der Waals surface area contributed by atoms with Crippen molar-refractivity contribution < 1.29 is 23.9 Å². The number of rotatable bonds is 7. The molecule has 5 rings (SSSR count). The number of anilines is 1. The van der Waals surface area contributed by atoms with Crippen LogP contribution in [0.2, 0.25) is 0 Å². The molecule has 1 aromatic rings. The number of amides is 2. The number of nitrogens with zero attached hydrogens (tertiary/aromatic N) is 3. The average Bonchev–Trinajstić information content (AvgIpc) is 3.52. The van der Waals surface area contributed by atoms with Gasteiger partial charge in [0.2, 0.25) is 5.91 Å². The number of ketones is 1. The number of likely N-dealkylation sites (tertiary alicyclic amines) is 1. The van der Waals surface area contributed by atoms with Crippen molar-refractivity contribution in [1.29, 1.82) is 0 Å². The van der Waals surface area contributed by atoms with E-state index in [1.165, 1.54) is 0 Å². The molecule has 3 heterocycles. The van der Waals surface area contributed by atoms with Crippen molar-refractivity contribution in [1.82, 2.24) is 15.1 Å². The molecule has 4 aliphatic rings. The molecule has 0 radical (unpaired) electrons. The van der Waals surface area contributed by atoms with E-state index in [2.05, 4.69) is 29.0 Å². The maximum absolute atomic E-state index is 13.9. The molecule has 1 aromatic carbocycles. The van der Waals surface area contributed by atoms with E-state index in [4.69, 9.17) is 9.47 Å². The first-order valence-corrected chi connectivity index (χ1v) is 14.2. The van der Waals surface area contributed by atoms with Crippen molar-refractivity contribution in [2.24, 2.45) is 5.92 Å². The lowest BCUT2D eigenvalue weighted by Gasteiger charge is -2.38. The molecule has 9 nitrogen and oxygen atoms in total. The lowest BCUT2D eigenvalue weighted by Crippen LogP contribution is -2.55. The number of ether oxygens (including phenoxy) is 2. The number of hydrogen-bond donors (Lipinski definition) is 1. The highest BCUT2D eigenvalue weighted by Gasteiger charge is 2.54. The molecular weight excluding hydrogens is 484 g/mol. The summed E-state index contributed by atoms with van der Waals surface area (Å²) >= 11 is 0. The van der Waals surface area contributed by atoms with Crippen molar-refractivity contribution in [2.45, 2.75) is 76.3 Å². The number of carbonyl (C=O) groups excluding carboxylic acids is 3. The maximum Gasteiger partial charge on any atom is 0.251 e. The molecule has 0 bridgehead atoms. The highest BCUT2D eigenvalue weighted by molar-refractivity contribution is 5.99. The van der Waals surface area contributed by atoms with Gasteiger partial charge in [0.15, 0.2) is 5.78 Å². The summed E-state index contributed by atoms with van der Waals surface area (Å²) in [6.07, 6.45) is 4.22. The van der Waals surface area contributed by atoms with Crippen molar-refractivity contribution in [3.05, 3.63) is 29.8 Å². The molecule has 3 aliphatic heterocycles. The second kappa shape index (κ2) is 11.7. The number of benzene rings is 1. The van der Waals surface area contributed by atoms with Gasteiger partial charge in [-0.05, 0) is 56.9 Å². The third-order valence-corrected chi connectivity index (χ3v) is 8.94. The van der Waals surface area contributed by atoms with E-state index in [1.54, 1.807) is 12.0 Å². The zero-order chi connectivity index (χ0) is 26.8. The molecule has 2 amide bonds. The Labute approximate surface area is 225 Å². The van der Waals surface area contributed by atoms with Gasteiger partial charge in [-0.1, -0.05) is 19.3 Å². The summed E-state index contributed by atoms with van der Waals surface area (Å²) in [6, 6.07) is 6.95. The predicted octanol–water partition coefficient (Wildman–Crippen LogP) is 2.09. The fraction of sp³-hybridized carbons (Fsp3) is 0.690. The van der Waals surface area contributed by atoms with E-state index >= 15 is 0 Å². The SMILES string of the molecule is CO[C@H]1CN(C(=O)[C@@H](NC(=O)c2ccc(N3CCN(C(C)C)CC3)cc2)C2CCCCC2)[C@@H]2C(=O)CO[C@H]12. The number of fused-ring (bicyclic) bond motifs is 1. The van der Waals surface area contributed by atoms with Crippen LogP contribution in [0.4, 0.5) is 5.69 Å². The zero-order valence-corrected chi connectivity index (χ0v) is 22.9. The summed E-state index contributed by atoms with van der Waals surface area (Å²) in [5.74, 6) is -0.493. The van der Waals surface area contributed by atoms with Crippen molar-refractivity contribution >= 4 is 23.3 Å². The summed E-state index contributed by atoms with van der Waals surface area (Å²) in [7, 11) is 1.58.